The smallest absolute Gasteiger partial charge is 0.257 e. The van der Waals surface area contributed by atoms with Crippen molar-refractivity contribution in [3.8, 4) is 5.75 Å². The van der Waals surface area contributed by atoms with Crippen LogP contribution in [0.5, 0.6) is 5.75 Å². The maximum atomic E-state index is 12.5. The predicted molar refractivity (Wildman–Crippen MR) is 99.4 cm³/mol. The Morgan fingerprint density at radius 2 is 2.40 bits per heavy atom. The van der Waals surface area contributed by atoms with E-state index in [1.165, 1.54) is 24.2 Å². The Morgan fingerprint density at radius 3 is 3.28 bits per heavy atom. The average molecular weight is 357 g/mol. The Morgan fingerprint density at radius 1 is 1.48 bits per heavy atom. The van der Waals surface area contributed by atoms with Gasteiger partial charge in [-0.15, -0.1) is 11.3 Å². The minimum absolute atomic E-state index is 0.109. The van der Waals surface area contributed by atoms with E-state index in [1.54, 1.807) is 0 Å². The number of piperidine rings is 1. The van der Waals surface area contributed by atoms with Crippen LogP contribution >= 0.6 is 11.3 Å². The minimum Gasteiger partial charge on any atom is -0.493 e. The molecule has 0 bridgehead atoms. The van der Waals surface area contributed by atoms with Gasteiger partial charge in [0, 0.05) is 30.5 Å². The molecule has 1 amide bonds. The van der Waals surface area contributed by atoms with E-state index >= 15 is 0 Å². The van der Waals surface area contributed by atoms with Gasteiger partial charge in [0.1, 0.15) is 5.75 Å². The fourth-order valence-corrected chi connectivity index (χ4v) is 4.29. The van der Waals surface area contributed by atoms with Crippen LogP contribution in [0.4, 0.5) is 5.13 Å². The number of anilines is 1. The number of nitrogens with zero attached hydrogens (tertiary/aromatic N) is 2. The maximum absolute atomic E-state index is 12.5. The van der Waals surface area contributed by atoms with E-state index in [9.17, 15) is 4.79 Å². The molecular weight excluding hydrogens is 334 g/mol. The quantitative estimate of drug-likeness (QED) is 0.909. The number of likely N-dealkylation sites (tertiary alicyclic amines) is 1. The molecule has 1 unspecified atom stereocenters. The van der Waals surface area contributed by atoms with Gasteiger partial charge in [0.25, 0.3) is 5.91 Å². The van der Waals surface area contributed by atoms with Crippen molar-refractivity contribution in [1.82, 2.24) is 9.88 Å². The Hall–Kier alpha value is -1.92. The van der Waals surface area contributed by atoms with Crippen LogP contribution in [-0.2, 0) is 13.0 Å². The number of hydrogen-bond donors (Lipinski definition) is 1. The third-order valence-electron chi connectivity index (χ3n) is 4.85. The molecule has 1 atom stereocenters. The van der Waals surface area contributed by atoms with E-state index in [-0.39, 0.29) is 5.91 Å². The van der Waals surface area contributed by atoms with E-state index in [2.05, 4.69) is 22.1 Å². The largest absolute Gasteiger partial charge is 0.493 e. The number of ether oxygens (including phenoxy) is 1. The highest BCUT2D eigenvalue weighted by Crippen LogP contribution is 2.26. The van der Waals surface area contributed by atoms with E-state index in [0.717, 1.165) is 49.0 Å². The van der Waals surface area contributed by atoms with Crippen LogP contribution in [0.2, 0.25) is 0 Å². The number of amides is 1. The van der Waals surface area contributed by atoms with Crippen molar-refractivity contribution in [2.75, 3.05) is 25.0 Å². The molecule has 132 valence electrons. The number of benzene rings is 1. The number of fused-ring (bicyclic) bond motifs is 1. The summed E-state index contributed by atoms with van der Waals surface area (Å²) in [5.74, 6) is 1.54. The summed E-state index contributed by atoms with van der Waals surface area (Å²) in [5.41, 5.74) is 2.80. The molecular formula is C19H23N3O2S. The molecule has 1 fully saturated rings. The van der Waals surface area contributed by atoms with E-state index < -0.39 is 0 Å². The zero-order chi connectivity index (χ0) is 17.2. The van der Waals surface area contributed by atoms with Crippen molar-refractivity contribution in [3.63, 3.8) is 0 Å². The zero-order valence-corrected chi connectivity index (χ0v) is 15.3. The van der Waals surface area contributed by atoms with Crippen LogP contribution in [-0.4, -0.2) is 35.5 Å². The van der Waals surface area contributed by atoms with Crippen LogP contribution in [0.1, 0.15) is 41.4 Å². The Labute approximate surface area is 152 Å². The van der Waals surface area contributed by atoms with Crippen molar-refractivity contribution >= 4 is 22.4 Å². The molecule has 3 heterocycles. The van der Waals surface area contributed by atoms with Crippen molar-refractivity contribution < 1.29 is 9.53 Å². The van der Waals surface area contributed by atoms with Gasteiger partial charge in [-0.1, -0.05) is 6.92 Å². The molecule has 4 rings (SSSR count). The molecule has 25 heavy (non-hydrogen) atoms. The molecule has 2 aliphatic heterocycles. The van der Waals surface area contributed by atoms with Crippen LogP contribution in [0, 0.1) is 5.92 Å². The summed E-state index contributed by atoms with van der Waals surface area (Å²) in [6, 6.07) is 5.60. The molecule has 2 aromatic rings. The van der Waals surface area contributed by atoms with Gasteiger partial charge in [0.2, 0.25) is 0 Å². The molecule has 1 aromatic carbocycles. The fourth-order valence-electron chi connectivity index (χ4n) is 3.59. The first kappa shape index (κ1) is 16.5. The van der Waals surface area contributed by atoms with Crippen LogP contribution < -0.4 is 10.1 Å². The standard InChI is InChI=1S/C19H23N3O2S/c1-13-3-2-7-22(10-13)11-16-12-25-19(20-16)21-18(23)15-4-5-17-14(9-15)6-8-24-17/h4-5,9,12-13H,2-3,6-8,10-11H2,1H3,(H,20,21,23). The summed E-state index contributed by atoms with van der Waals surface area (Å²) in [6.07, 6.45) is 3.45. The van der Waals surface area contributed by atoms with Crippen molar-refractivity contribution in [1.29, 1.82) is 0 Å². The summed E-state index contributed by atoms with van der Waals surface area (Å²) in [5, 5.41) is 5.64. The van der Waals surface area contributed by atoms with Crippen molar-refractivity contribution in [2.45, 2.75) is 32.7 Å². The lowest BCUT2D eigenvalue weighted by molar-refractivity contribution is 0.102. The summed E-state index contributed by atoms with van der Waals surface area (Å²) < 4.78 is 5.49. The molecule has 0 aliphatic carbocycles. The highest BCUT2D eigenvalue weighted by atomic mass is 32.1. The fraction of sp³-hybridized carbons (Fsp3) is 0.474. The third kappa shape index (κ3) is 3.85. The lowest BCUT2D eigenvalue weighted by atomic mass is 10.0. The van der Waals surface area contributed by atoms with Gasteiger partial charge in [0.05, 0.1) is 12.3 Å². The van der Waals surface area contributed by atoms with Crippen molar-refractivity contribution in [3.05, 3.63) is 40.4 Å². The first-order chi connectivity index (χ1) is 12.2. The first-order valence-electron chi connectivity index (χ1n) is 8.91. The topological polar surface area (TPSA) is 54.5 Å². The molecule has 5 nitrogen and oxygen atoms in total. The molecule has 1 N–H and O–H groups in total. The van der Waals surface area contributed by atoms with E-state index in [1.807, 2.05) is 23.6 Å². The SMILES string of the molecule is CC1CCCN(Cc2csc(NC(=O)c3ccc4c(c3)CCO4)n2)C1. The Bertz CT molecular complexity index is 774. The van der Waals surface area contributed by atoms with Gasteiger partial charge in [-0.05, 0) is 49.1 Å². The average Bonchev–Trinajstić information content (AvgIpc) is 3.23. The number of thiazole rings is 1. The van der Waals surface area contributed by atoms with Crippen LogP contribution in [0.3, 0.4) is 0 Å². The monoisotopic (exact) mass is 357 g/mol. The van der Waals surface area contributed by atoms with Gasteiger partial charge in [-0.3, -0.25) is 15.0 Å². The molecule has 1 saturated heterocycles. The second-order valence-corrected chi connectivity index (χ2v) is 7.86. The summed E-state index contributed by atoms with van der Waals surface area (Å²) >= 11 is 1.49. The van der Waals surface area contributed by atoms with E-state index in [0.29, 0.717) is 17.3 Å². The molecule has 1 aromatic heterocycles. The number of nitrogens with one attached hydrogen (secondary N) is 1. The normalized spacial score (nSPS) is 20.1. The number of carbonyl (C=O) groups excluding carboxylic acids is 1. The highest BCUT2D eigenvalue weighted by molar-refractivity contribution is 7.13. The van der Waals surface area contributed by atoms with Gasteiger partial charge in [0.15, 0.2) is 5.13 Å². The van der Waals surface area contributed by atoms with Gasteiger partial charge in [-0.25, -0.2) is 4.98 Å². The summed E-state index contributed by atoms with van der Waals surface area (Å²) in [7, 11) is 0. The third-order valence-corrected chi connectivity index (χ3v) is 5.66. The first-order valence-corrected chi connectivity index (χ1v) is 9.79. The lowest BCUT2D eigenvalue weighted by Gasteiger charge is -2.30. The maximum Gasteiger partial charge on any atom is 0.257 e. The Kier molecular flexibility index (Phi) is 4.72. The zero-order valence-electron chi connectivity index (χ0n) is 14.5. The number of aromatic nitrogens is 1. The lowest BCUT2D eigenvalue weighted by Crippen LogP contribution is -2.33. The van der Waals surface area contributed by atoms with Gasteiger partial charge >= 0.3 is 0 Å². The minimum atomic E-state index is -0.109. The van der Waals surface area contributed by atoms with E-state index in [4.69, 9.17) is 4.74 Å². The summed E-state index contributed by atoms with van der Waals surface area (Å²) in [6.45, 7) is 6.15. The predicted octanol–water partition coefficient (Wildman–Crippen LogP) is 3.56. The van der Waals surface area contributed by atoms with Gasteiger partial charge < -0.3 is 4.74 Å². The highest BCUT2D eigenvalue weighted by Gasteiger charge is 2.18. The number of hydrogen-bond acceptors (Lipinski definition) is 5. The molecule has 6 heteroatoms. The number of carbonyl (C=O) groups is 1. The molecule has 0 radical (unpaired) electrons. The van der Waals surface area contributed by atoms with Gasteiger partial charge in [-0.2, -0.15) is 0 Å². The molecule has 0 saturated carbocycles. The molecule has 0 spiro atoms. The summed E-state index contributed by atoms with van der Waals surface area (Å²) in [4.78, 5) is 19.5. The second kappa shape index (κ2) is 7.14. The van der Waals surface area contributed by atoms with Crippen LogP contribution in [0.15, 0.2) is 23.6 Å². The van der Waals surface area contributed by atoms with Crippen LogP contribution in [0.25, 0.3) is 0 Å². The second-order valence-electron chi connectivity index (χ2n) is 7.00. The number of rotatable bonds is 4. The Balaban J connectivity index is 1.38. The van der Waals surface area contributed by atoms with Crippen molar-refractivity contribution in [2.24, 2.45) is 5.92 Å². The molecule has 2 aliphatic rings.